The van der Waals surface area contributed by atoms with Gasteiger partial charge in [-0.3, -0.25) is 4.79 Å². The third-order valence-electron chi connectivity index (χ3n) is 5.40. The van der Waals surface area contributed by atoms with Crippen molar-refractivity contribution < 1.29 is 9.53 Å². The highest BCUT2D eigenvalue weighted by Gasteiger charge is 2.30. The third-order valence-corrected chi connectivity index (χ3v) is 5.40. The molecule has 1 amide bonds. The molecule has 2 heterocycles. The van der Waals surface area contributed by atoms with Crippen molar-refractivity contribution in [1.29, 1.82) is 0 Å². The van der Waals surface area contributed by atoms with Gasteiger partial charge in [0, 0.05) is 31.6 Å². The standard InChI is InChI=1S/C21H32N2O2/c1-21(2,3)16-6-10-19(11-7-16)25-14-4-5-20(24)23-13-12-17-8-9-18(15-23)22-17/h6-7,10-11,17-18,22H,4-5,8-9,12-15H2,1-3H3. The van der Waals surface area contributed by atoms with Gasteiger partial charge in [-0.1, -0.05) is 32.9 Å². The third kappa shape index (κ3) is 4.97. The average Bonchev–Trinajstić information content (AvgIpc) is 2.90. The maximum absolute atomic E-state index is 12.4. The predicted octanol–water partition coefficient (Wildman–Crippen LogP) is 3.50. The minimum atomic E-state index is 0.159. The minimum absolute atomic E-state index is 0.159. The van der Waals surface area contributed by atoms with Crippen molar-refractivity contribution in [2.45, 2.75) is 70.4 Å². The largest absolute Gasteiger partial charge is 0.494 e. The Morgan fingerprint density at radius 1 is 1.16 bits per heavy atom. The summed E-state index contributed by atoms with van der Waals surface area (Å²) in [6, 6.07) is 9.44. The van der Waals surface area contributed by atoms with E-state index in [-0.39, 0.29) is 11.3 Å². The van der Waals surface area contributed by atoms with Crippen molar-refractivity contribution in [3.8, 4) is 5.75 Å². The van der Waals surface area contributed by atoms with Gasteiger partial charge in [0.15, 0.2) is 0 Å². The Morgan fingerprint density at radius 3 is 2.60 bits per heavy atom. The second-order valence-corrected chi connectivity index (χ2v) is 8.49. The van der Waals surface area contributed by atoms with Gasteiger partial charge in [-0.05, 0) is 48.8 Å². The van der Waals surface area contributed by atoms with Gasteiger partial charge in [-0.25, -0.2) is 0 Å². The number of nitrogens with one attached hydrogen (secondary N) is 1. The molecule has 0 aromatic heterocycles. The number of amides is 1. The predicted molar refractivity (Wildman–Crippen MR) is 101 cm³/mol. The van der Waals surface area contributed by atoms with E-state index in [2.05, 4.69) is 43.1 Å². The second-order valence-electron chi connectivity index (χ2n) is 8.49. The SMILES string of the molecule is CC(C)(C)c1ccc(OCCCC(=O)N2CCC3CCC(C2)N3)cc1. The lowest BCUT2D eigenvalue weighted by atomic mass is 9.87. The number of hydrogen-bond donors (Lipinski definition) is 1. The highest BCUT2D eigenvalue weighted by atomic mass is 16.5. The normalized spacial score (nSPS) is 23.4. The molecule has 2 aliphatic rings. The van der Waals surface area contributed by atoms with E-state index in [0.29, 0.717) is 25.1 Å². The topological polar surface area (TPSA) is 41.6 Å². The molecule has 4 heteroatoms. The summed E-state index contributed by atoms with van der Waals surface area (Å²) in [6.45, 7) is 9.00. The van der Waals surface area contributed by atoms with Crippen molar-refractivity contribution in [2.75, 3.05) is 19.7 Å². The zero-order valence-electron chi connectivity index (χ0n) is 15.9. The number of carbonyl (C=O) groups excluding carboxylic acids is 1. The highest BCUT2D eigenvalue weighted by molar-refractivity contribution is 5.76. The zero-order chi connectivity index (χ0) is 17.9. The molecule has 0 aliphatic carbocycles. The molecule has 0 radical (unpaired) electrons. The van der Waals surface area contributed by atoms with E-state index >= 15 is 0 Å². The van der Waals surface area contributed by atoms with Crippen molar-refractivity contribution in [3.05, 3.63) is 29.8 Å². The van der Waals surface area contributed by atoms with Gasteiger partial charge in [0.05, 0.1) is 6.61 Å². The van der Waals surface area contributed by atoms with Crippen LogP contribution in [-0.4, -0.2) is 42.6 Å². The molecule has 2 saturated heterocycles. The Bertz CT molecular complexity index is 577. The van der Waals surface area contributed by atoms with E-state index in [9.17, 15) is 4.79 Å². The van der Waals surface area contributed by atoms with Crippen LogP contribution in [0.5, 0.6) is 5.75 Å². The van der Waals surface area contributed by atoms with Crippen molar-refractivity contribution >= 4 is 5.91 Å². The van der Waals surface area contributed by atoms with E-state index < -0.39 is 0 Å². The number of fused-ring (bicyclic) bond motifs is 2. The van der Waals surface area contributed by atoms with Crippen LogP contribution in [0.1, 0.15) is 58.4 Å². The Hall–Kier alpha value is -1.55. The fourth-order valence-corrected chi connectivity index (χ4v) is 3.79. The van der Waals surface area contributed by atoms with E-state index in [4.69, 9.17) is 4.74 Å². The molecule has 0 saturated carbocycles. The molecule has 2 bridgehead atoms. The number of hydrogen-bond acceptors (Lipinski definition) is 3. The van der Waals surface area contributed by atoms with Gasteiger partial charge in [0.25, 0.3) is 0 Å². The van der Waals surface area contributed by atoms with Crippen LogP contribution >= 0.6 is 0 Å². The molecule has 2 aliphatic heterocycles. The summed E-state index contributed by atoms with van der Waals surface area (Å²) in [5.41, 5.74) is 1.46. The monoisotopic (exact) mass is 344 g/mol. The quantitative estimate of drug-likeness (QED) is 0.831. The first kappa shape index (κ1) is 18.2. The molecule has 25 heavy (non-hydrogen) atoms. The molecule has 2 fully saturated rings. The van der Waals surface area contributed by atoms with Crippen molar-refractivity contribution in [2.24, 2.45) is 0 Å². The van der Waals surface area contributed by atoms with Crippen LogP contribution in [0.3, 0.4) is 0 Å². The van der Waals surface area contributed by atoms with E-state index in [1.165, 1.54) is 18.4 Å². The molecule has 1 N–H and O–H groups in total. The van der Waals surface area contributed by atoms with E-state index in [1.807, 2.05) is 12.1 Å². The van der Waals surface area contributed by atoms with Crippen LogP contribution in [0.15, 0.2) is 24.3 Å². The first-order valence-corrected chi connectivity index (χ1v) is 9.69. The average molecular weight is 344 g/mol. The Labute approximate surface area is 151 Å². The van der Waals surface area contributed by atoms with Crippen LogP contribution in [0.4, 0.5) is 0 Å². The Morgan fingerprint density at radius 2 is 1.88 bits per heavy atom. The first-order chi connectivity index (χ1) is 11.9. The Kier molecular flexibility index (Phi) is 5.67. The maximum atomic E-state index is 12.4. The van der Waals surface area contributed by atoms with Gasteiger partial charge in [-0.2, -0.15) is 0 Å². The highest BCUT2D eigenvalue weighted by Crippen LogP contribution is 2.24. The molecular formula is C21H32N2O2. The summed E-state index contributed by atoms with van der Waals surface area (Å²) in [7, 11) is 0. The molecule has 2 atom stereocenters. The fourth-order valence-electron chi connectivity index (χ4n) is 3.79. The Balaban J connectivity index is 1.38. The summed E-state index contributed by atoms with van der Waals surface area (Å²) in [5.74, 6) is 1.16. The number of likely N-dealkylation sites (tertiary alicyclic amines) is 1. The van der Waals surface area contributed by atoms with Crippen LogP contribution in [0.25, 0.3) is 0 Å². The second kappa shape index (κ2) is 7.77. The summed E-state index contributed by atoms with van der Waals surface area (Å²) >= 11 is 0. The summed E-state index contributed by atoms with van der Waals surface area (Å²) in [4.78, 5) is 14.5. The molecule has 2 unspecified atom stereocenters. The molecule has 1 aromatic carbocycles. The minimum Gasteiger partial charge on any atom is -0.494 e. The zero-order valence-corrected chi connectivity index (χ0v) is 15.9. The van der Waals surface area contributed by atoms with E-state index in [0.717, 1.165) is 31.7 Å². The van der Waals surface area contributed by atoms with Crippen LogP contribution in [-0.2, 0) is 10.2 Å². The van der Waals surface area contributed by atoms with Crippen LogP contribution in [0.2, 0.25) is 0 Å². The van der Waals surface area contributed by atoms with E-state index in [1.54, 1.807) is 0 Å². The number of carbonyl (C=O) groups is 1. The first-order valence-electron chi connectivity index (χ1n) is 9.69. The van der Waals surface area contributed by atoms with Crippen LogP contribution < -0.4 is 10.1 Å². The van der Waals surface area contributed by atoms with Gasteiger partial charge in [0.2, 0.25) is 5.91 Å². The molecule has 138 valence electrons. The smallest absolute Gasteiger partial charge is 0.222 e. The molecule has 0 spiro atoms. The van der Waals surface area contributed by atoms with Crippen molar-refractivity contribution in [3.63, 3.8) is 0 Å². The summed E-state index contributed by atoms with van der Waals surface area (Å²) in [5, 5.41) is 3.62. The molecule has 4 nitrogen and oxygen atoms in total. The van der Waals surface area contributed by atoms with Crippen LogP contribution in [0, 0.1) is 0 Å². The molecule has 3 rings (SSSR count). The number of nitrogens with zero attached hydrogens (tertiary/aromatic N) is 1. The lowest BCUT2D eigenvalue weighted by molar-refractivity contribution is -0.131. The summed E-state index contributed by atoms with van der Waals surface area (Å²) < 4.78 is 5.80. The number of benzene rings is 1. The lowest BCUT2D eigenvalue weighted by Crippen LogP contribution is -2.39. The fraction of sp³-hybridized carbons (Fsp3) is 0.667. The van der Waals surface area contributed by atoms with Gasteiger partial charge in [0.1, 0.15) is 5.75 Å². The molecule has 1 aromatic rings. The van der Waals surface area contributed by atoms with Gasteiger partial charge < -0.3 is 15.0 Å². The van der Waals surface area contributed by atoms with Crippen molar-refractivity contribution in [1.82, 2.24) is 10.2 Å². The molecular weight excluding hydrogens is 312 g/mol. The maximum Gasteiger partial charge on any atom is 0.222 e. The van der Waals surface area contributed by atoms with Gasteiger partial charge in [-0.15, -0.1) is 0 Å². The lowest BCUT2D eigenvalue weighted by Gasteiger charge is -2.24. The number of rotatable bonds is 5. The van der Waals surface area contributed by atoms with Gasteiger partial charge >= 0.3 is 0 Å². The number of ether oxygens (including phenoxy) is 1. The summed E-state index contributed by atoms with van der Waals surface area (Å²) in [6.07, 6.45) is 4.94.